The van der Waals surface area contributed by atoms with Crippen LogP contribution in [-0.2, 0) is 0 Å². The van der Waals surface area contributed by atoms with Gasteiger partial charge in [0.15, 0.2) is 0 Å². The van der Waals surface area contributed by atoms with Crippen molar-refractivity contribution in [2.45, 2.75) is 32.4 Å². The van der Waals surface area contributed by atoms with Gasteiger partial charge in [0.05, 0.1) is 6.04 Å². The maximum absolute atomic E-state index is 11.9. The quantitative estimate of drug-likeness (QED) is 0.910. The maximum atomic E-state index is 11.9. The molecule has 0 aliphatic rings. The van der Waals surface area contributed by atoms with E-state index in [1.165, 1.54) is 0 Å². The summed E-state index contributed by atoms with van der Waals surface area (Å²) < 4.78 is 1.86. The SMILES string of the molecule is CC(C)(C)NC(=O)NC[C@@H](c1ccsc1)n1cccn1. The predicted octanol–water partition coefficient (Wildman–Crippen LogP) is 2.63. The minimum Gasteiger partial charge on any atom is -0.336 e. The molecule has 0 aliphatic carbocycles. The zero-order chi connectivity index (χ0) is 14.6. The van der Waals surface area contributed by atoms with E-state index in [1.54, 1.807) is 17.5 Å². The summed E-state index contributed by atoms with van der Waals surface area (Å²) in [4.78, 5) is 11.9. The molecule has 2 amide bonds. The van der Waals surface area contributed by atoms with E-state index < -0.39 is 0 Å². The number of nitrogens with one attached hydrogen (secondary N) is 2. The van der Waals surface area contributed by atoms with Crippen LogP contribution in [0.3, 0.4) is 0 Å². The molecule has 0 aliphatic heterocycles. The molecular weight excluding hydrogens is 272 g/mol. The van der Waals surface area contributed by atoms with Crippen molar-refractivity contribution in [2.75, 3.05) is 6.54 Å². The van der Waals surface area contributed by atoms with Crippen molar-refractivity contribution in [2.24, 2.45) is 0 Å². The fourth-order valence-electron chi connectivity index (χ4n) is 1.87. The first-order valence-electron chi connectivity index (χ1n) is 6.53. The van der Waals surface area contributed by atoms with Gasteiger partial charge in [-0.2, -0.15) is 16.4 Å². The van der Waals surface area contributed by atoms with Gasteiger partial charge in [-0.25, -0.2) is 4.79 Å². The van der Waals surface area contributed by atoms with E-state index in [2.05, 4.69) is 27.2 Å². The molecular formula is C14H20N4OS. The average molecular weight is 292 g/mol. The highest BCUT2D eigenvalue weighted by Crippen LogP contribution is 2.19. The summed E-state index contributed by atoms with van der Waals surface area (Å²) in [6, 6.07) is 3.79. The molecule has 20 heavy (non-hydrogen) atoms. The van der Waals surface area contributed by atoms with E-state index in [0.717, 1.165) is 5.56 Å². The second-order valence-electron chi connectivity index (χ2n) is 5.64. The number of aromatic nitrogens is 2. The molecule has 1 atom stereocenters. The normalized spacial score (nSPS) is 12.9. The van der Waals surface area contributed by atoms with Gasteiger partial charge in [0, 0.05) is 24.5 Å². The molecule has 0 bridgehead atoms. The number of rotatable bonds is 4. The zero-order valence-corrected chi connectivity index (χ0v) is 12.8. The lowest BCUT2D eigenvalue weighted by atomic mass is 10.1. The van der Waals surface area contributed by atoms with Crippen molar-refractivity contribution in [3.05, 3.63) is 40.8 Å². The van der Waals surface area contributed by atoms with Crippen molar-refractivity contribution in [3.63, 3.8) is 0 Å². The van der Waals surface area contributed by atoms with Crippen LogP contribution in [0.15, 0.2) is 35.3 Å². The van der Waals surface area contributed by atoms with Crippen LogP contribution in [0.5, 0.6) is 0 Å². The summed E-state index contributed by atoms with van der Waals surface area (Å²) in [7, 11) is 0. The smallest absolute Gasteiger partial charge is 0.315 e. The first kappa shape index (κ1) is 14.6. The van der Waals surface area contributed by atoms with Gasteiger partial charge >= 0.3 is 6.03 Å². The summed E-state index contributed by atoms with van der Waals surface area (Å²) >= 11 is 1.64. The maximum Gasteiger partial charge on any atom is 0.315 e. The van der Waals surface area contributed by atoms with Gasteiger partial charge in [-0.15, -0.1) is 0 Å². The standard InChI is InChI=1S/C14H20N4OS/c1-14(2,3)17-13(19)15-9-12(11-5-8-20-10-11)18-7-4-6-16-18/h4-8,10,12H,9H2,1-3H3,(H2,15,17,19)/t12-/m0/s1. The molecule has 2 aromatic heterocycles. The Labute approximate surface area is 123 Å². The van der Waals surface area contributed by atoms with E-state index in [0.29, 0.717) is 6.54 Å². The molecule has 0 radical (unpaired) electrons. The summed E-state index contributed by atoms with van der Waals surface area (Å²) in [5.74, 6) is 0. The molecule has 0 spiro atoms. The third kappa shape index (κ3) is 4.09. The van der Waals surface area contributed by atoms with Gasteiger partial charge in [-0.1, -0.05) is 0 Å². The van der Waals surface area contributed by atoms with Gasteiger partial charge in [0.1, 0.15) is 0 Å². The number of thiophene rings is 1. The molecule has 0 saturated heterocycles. The fourth-order valence-corrected chi connectivity index (χ4v) is 2.57. The number of hydrogen-bond acceptors (Lipinski definition) is 3. The Morgan fingerprint density at radius 3 is 2.85 bits per heavy atom. The molecule has 5 nitrogen and oxygen atoms in total. The van der Waals surface area contributed by atoms with Crippen LogP contribution in [0.1, 0.15) is 32.4 Å². The van der Waals surface area contributed by atoms with Crippen LogP contribution in [0, 0.1) is 0 Å². The minimum atomic E-state index is -0.242. The molecule has 0 fully saturated rings. The van der Waals surface area contributed by atoms with Crippen LogP contribution < -0.4 is 10.6 Å². The van der Waals surface area contributed by atoms with Crippen molar-refractivity contribution in [3.8, 4) is 0 Å². The van der Waals surface area contributed by atoms with Crippen molar-refractivity contribution in [1.29, 1.82) is 0 Å². The summed E-state index contributed by atoms with van der Waals surface area (Å²) in [5, 5.41) is 14.2. The molecule has 0 saturated carbocycles. The first-order valence-corrected chi connectivity index (χ1v) is 7.47. The third-order valence-electron chi connectivity index (χ3n) is 2.72. The summed E-state index contributed by atoms with van der Waals surface area (Å²) in [6.45, 7) is 6.36. The molecule has 0 aromatic carbocycles. The van der Waals surface area contributed by atoms with Gasteiger partial charge in [-0.05, 0) is 49.2 Å². The number of urea groups is 1. The van der Waals surface area contributed by atoms with Crippen LogP contribution in [0.2, 0.25) is 0 Å². The van der Waals surface area contributed by atoms with Gasteiger partial charge in [0.25, 0.3) is 0 Å². The highest BCUT2D eigenvalue weighted by atomic mass is 32.1. The first-order chi connectivity index (χ1) is 9.46. The van der Waals surface area contributed by atoms with Crippen LogP contribution in [0.25, 0.3) is 0 Å². The molecule has 2 heterocycles. The number of nitrogens with zero attached hydrogens (tertiary/aromatic N) is 2. The molecule has 6 heteroatoms. The summed E-state index contributed by atoms with van der Waals surface area (Å²) in [5.41, 5.74) is 0.906. The van der Waals surface area contributed by atoms with Crippen molar-refractivity contribution >= 4 is 17.4 Å². The number of carbonyl (C=O) groups is 1. The number of amides is 2. The topological polar surface area (TPSA) is 59.0 Å². The Balaban J connectivity index is 2.01. The summed E-state index contributed by atoms with van der Waals surface area (Å²) in [6.07, 6.45) is 3.65. The van der Waals surface area contributed by atoms with Gasteiger partial charge in [-0.3, -0.25) is 4.68 Å². The fraction of sp³-hybridized carbons (Fsp3) is 0.429. The van der Waals surface area contributed by atoms with Crippen molar-refractivity contribution in [1.82, 2.24) is 20.4 Å². The highest BCUT2D eigenvalue weighted by Gasteiger charge is 2.18. The molecule has 2 aromatic rings. The van der Waals surface area contributed by atoms with Crippen LogP contribution >= 0.6 is 11.3 Å². The Bertz CT molecular complexity index is 494. The number of hydrogen-bond donors (Lipinski definition) is 2. The lowest BCUT2D eigenvalue weighted by Gasteiger charge is -2.23. The molecule has 108 valence electrons. The van der Waals surface area contributed by atoms with E-state index in [-0.39, 0.29) is 17.6 Å². The predicted molar refractivity (Wildman–Crippen MR) is 81.0 cm³/mol. The van der Waals surface area contributed by atoms with Crippen LogP contribution in [0.4, 0.5) is 4.79 Å². The van der Waals surface area contributed by atoms with Gasteiger partial charge < -0.3 is 10.6 Å². The van der Waals surface area contributed by atoms with Crippen molar-refractivity contribution < 1.29 is 4.79 Å². The second-order valence-corrected chi connectivity index (χ2v) is 6.42. The van der Waals surface area contributed by atoms with Crippen LogP contribution in [-0.4, -0.2) is 27.9 Å². The Hall–Kier alpha value is -1.82. The van der Waals surface area contributed by atoms with E-state index in [1.807, 2.05) is 43.1 Å². The second kappa shape index (κ2) is 6.09. The monoisotopic (exact) mass is 292 g/mol. The third-order valence-corrected chi connectivity index (χ3v) is 3.42. The Kier molecular flexibility index (Phi) is 4.44. The van der Waals surface area contributed by atoms with E-state index >= 15 is 0 Å². The minimum absolute atomic E-state index is 0.0157. The molecule has 2 N–H and O–H groups in total. The van der Waals surface area contributed by atoms with Gasteiger partial charge in [0.2, 0.25) is 0 Å². The van der Waals surface area contributed by atoms with E-state index in [4.69, 9.17) is 0 Å². The lowest BCUT2D eigenvalue weighted by molar-refractivity contribution is 0.230. The molecule has 2 rings (SSSR count). The Morgan fingerprint density at radius 2 is 2.30 bits per heavy atom. The number of carbonyl (C=O) groups excluding carboxylic acids is 1. The average Bonchev–Trinajstić information content (AvgIpc) is 2.98. The van der Waals surface area contributed by atoms with E-state index in [9.17, 15) is 4.79 Å². The highest BCUT2D eigenvalue weighted by molar-refractivity contribution is 7.07. The molecule has 0 unspecified atom stereocenters. The zero-order valence-electron chi connectivity index (χ0n) is 12.0. The largest absolute Gasteiger partial charge is 0.336 e. The Morgan fingerprint density at radius 1 is 1.50 bits per heavy atom. The lowest BCUT2D eigenvalue weighted by Crippen LogP contribution is -2.47.